The van der Waals surface area contributed by atoms with Gasteiger partial charge in [0.1, 0.15) is 0 Å². The minimum absolute atomic E-state index is 0.200. The van der Waals surface area contributed by atoms with Crippen LogP contribution in [0.15, 0.2) is 11.8 Å². The van der Waals surface area contributed by atoms with Crippen LogP contribution in [0.25, 0.3) is 0 Å². The number of ether oxygens (including phenoxy) is 1. The fourth-order valence-corrected chi connectivity index (χ4v) is 0.489. The Kier molecular flexibility index (Phi) is 4.52. The Bertz CT molecular complexity index is 206. The van der Waals surface area contributed by atoms with Crippen LogP contribution >= 0.6 is 0 Å². The van der Waals surface area contributed by atoms with Crippen molar-refractivity contribution in [3.63, 3.8) is 0 Å². The average Bonchev–Trinajstić information content (AvgIpc) is 1.96. The summed E-state index contributed by atoms with van der Waals surface area (Å²) >= 11 is 0. The third kappa shape index (κ3) is 4.32. The van der Waals surface area contributed by atoms with Crippen LogP contribution in [-0.2, 0) is 14.3 Å². The molecule has 0 unspecified atom stereocenters. The first-order valence-electron chi connectivity index (χ1n) is 3.38. The van der Waals surface area contributed by atoms with Gasteiger partial charge in [-0.3, -0.25) is 0 Å². The van der Waals surface area contributed by atoms with Gasteiger partial charge in [0.2, 0.25) is 5.76 Å². The summed E-state index contributed by atoms with van der Waals surface area (Å²) in [5.41, 5.74) is 0. The maximum atomic E-state index is 10.3. The predicted octanol–water partition coefficient (Wildman–Crippen LogP) is 0.466. The van der Waals surface area contributed by atoms with E-state index < -0.39 is 17.7 Å². The van der Waals surface area contributed by atoms with E-state index in [2.05, 4.69) is 4.74 Å². The second-order valence-electron chi connectivity index (χ2n) is 2.00. The first kappa shape index (κ1) is 10.5. The zero-order chi connectivity index (χ0) is 9.56. The highest BCUT2D eigenvalue weighted by Gasteiger charge is 2.09. The van der Waals surface area contributed by atoms with Gasteiger partial charge in [0, 0.05) is 0 Å². The molecule has 0 heterocycles. The van der Waals surface area contributed by atoms with E-state index >= 15 is 0 Å². The smallest absolute Gasteiger partial charge is 0.371 e. The molecule has 68 valence electrons. The first-order valence-corrected chi connectivity index (χ1v) is 3.38. The minimum atomic E-state index is -1.37. The van der Waals surface area contributed by atoms with Crippen molar-refractivity contribution in [1.82, 2.24) is 0 Å². The Hall–Kier alpha value is -1.52. The molecule has 0 spiro atoms. The van der Waals surface area contributed by atoms with Gasteiger partial charge in [0.05, 0.1) is 12.7 Å². The molecule has 0 rings (SSSR count). The number of aliphatic carboxylic acids is 2. The Morgan fingerprint density at radius 2 is 2.00 bits per heavy atom. The summed E-state index contributed by atoms with van der Waals surface area (Å²) in [6.45, 7) is 1.99. The summed E-state index contributed by atoms with van der Waals surface area (Å²) in [6.07, 6.45) is 1.15. The molecule has 5 nitrogen and oxygen atoms in total. The standard InChI is InChI=1S/C7H10O5/c1-2-3-12-5(7(10)11)4-6(8)9/h4H,2-3H2,1H3,(H,8,9)(H,10,11)/b5-4+. The van der Waals surface area contributed by atoms with Crippen LogP contribution in [0.4, 0.5) is 0 Å². The first-order chi connectivity index (χ1) is 5.57. The number of carbonyl (C=O) groups is 2. The fraction of sp³-hybridized carbons (Fsp3) is 0.429. The highest BCUT2D eigenvalue weighted by molar-refractivity contribution is 5.92. The summed E-state index contributed by atoms with van der Waals surface area (Å²) < 4.78 is 4.64. The number of carboxylic acid groups (broad SMARTS) is 2. The molecule has 12 heavy (non-hydrogen) atoms. The summed E-state index contributed by atoms with van der Waals surface area (Å²) in [5, 5.41) is 16.6. The molecule has 0 bridgehead atoms. The molecule has 0 aromatic heterocycles. The molecule has 0 aromatic carbocycles. The van der Waals surface area contributed by atoms with Crippen LogP contribution in [0.3, 0.4) is 0 Å². The molecule has 0 aliphatic heterocycles. The molecular weight excluding hydrogens is 164 g/mol. The maximum absolute atomic E-state index is 10.3. The van der Waals surface area contributed by atoms with E-state index in [0.29, 0.717) is 12.5 Å². The van der Waals surface area contributed by atoms with Crippen molar-refractivity contribution >= 4 is 11.9 Å². The lowest BCUT2D eigenvalue weighted by atomic mass is 10.4. The van der Waals surface area contributed by atoms with Crippen molar-refractivity contribution < 1.29 is 24.5 Å². The molecule has 0 aliphatic rings. The Labute approximate surface area is 69.3 Å². The van der Waals surface area contributed by atoms with E-state index in [9.17, 15) is 9.59 Å². The van der Waals surface area contributed by atoms with Crippen LogP contribution < -0.4 is 0 Å². The quantitative estimate of drug-likeness (QED) is 0.467. The average molecular weight is 174 g/mol. The Morgan fingerprint density at radius 3 is 2.33 bits per heavy atom. The molecule has 0 fully saturated rings. The number of rotatable bonds is 5. The maximum Gasteiger partial charge on any atom is 0.371 e. The van der Waals surface area contributed by atoms with Gasteiger partial charge in [-0.2, -0.15) is 0 Å². The molecule has 0 amide bonds. The molecule has 0 aliphatic carbocycles. The zero-order valence-corrected chi connectivity index (χ0v) is 6.61. The SMILES string of the molecule is CCCO/C(=C/C(=O)O)C(=O)O. The van der Waals surface area contributed by atoms with Crippen LogP contribution in [-0.4, -0.2) is 28.8 Å². The van der Waals surface area contributed by atoms with E-state index in [1.807, 2.05) is 0 Å². The number of hydrogen-bond donors (Lipinski definition) is 2. The molecule has 5 heteroatoms. The second kappa shape index (κ2) is 5.17. The highest BCUT2D eigenvalue weighted by Crippen LogP contribution is 1.98. The highest BCUT2D eigenvalue weighted by atomic mass is 16.5. The molecule has 0 aromatic rings. The van der Waals surface area contributed by atoms with E-state index in [1.54, 1.807) is 6.92 Å². The Balaban J connectivity index is 4.23. The van der Waals surface area contributed by atoms with Gasteiger partial charge in [-0.1, -0.05) is 6.92 Å². The van der Waals surface area contributed by atoms with Gasteiger partial charge in [0.15, 0.2) is 0 Å². The molecule has 2 N–H and O–H groups in total. The summed E-state index contributed by atoms with van der Waals surface area (Å²) in [5.74, 6) is -3.24. The van der Waals surface area contributed by atoms with Gasteiger partial charge < -0.3 is 14.9 Å². The molecule has 0 saturated carbocycles. The number of hydrogen-bond acceptors (Lipinski definition) is 3. The third-order valence-corrected chi connectivity index (χ3v) is 0.927. The van der Waals surface area contributed by atoms with E-state index in [0.717, 1.165) is 0 Å². The molecule has 0 saturated heterocycles. The molecule has 0 radical (unpaired) electrons. The van der Waals surface area contributed by atoms with Crippen LogP contribution in [0.5, 0.6) is 0 Å². The van der Waals surface area contributed by atoms with Crippen molar-refractivity contribution in [2.45, 2.75) is 13.3 Å². The zero-order valence-electron chi connectivity index (χ0n) is 6.61. The van der Waals surface area contributed by atoms with Gasteiger partial charge in [-0.15, -0.1) is 0 Å². The van der Waals surface area contributed by atoms with Crippen molar-refractivity contribution in [3.05, 3.63) is 11.8 Å². The number of carboxylic acids is 2. The fourth-order valence-electron chi connectivity index (χ4n) is 0.489. The summed E-state index contributed by atoms with van der Waals surface area (Å²) in [4.78, 5) is 20.3. The van der Waals surface area contributed by atoms with Crippen molar-refractivity contribution in [1.29, 1.82) is 0 Å². The minimum Gasteiger partial charge on any atom is -0.486 e. The van der Waals surface area contributed by atoms with Gasteiger partial charge >= 0.3 is 11.9 Å². The normalized spacial score (nSPS) is 10.9. The van der Waals surface area contributed by atoms with Crippen molar-refractivity contribution in [2.75, 3.05) is 6.61 Å². The van der Waals surface area contributed by atoms with Gasteiger partial charge in [0.25, 0.3) is 0 Å². The van der Waals surface area contributed by atoms with E-state index in [4.69, 9.17) is 10.2 Å². The monoisotopic (exact) mass is 174 g/mol. The van der Waals surface area contributed by atoms with Crippen LogP contribution in [0.1, 0.15) is 13.3 Å². The second-order valence-corrected chi connectivity index (χ2v) is 2.00. The summed E-state index contributed by atoms with van der Waals surface area (Å²) in [7, 11) is 0. The van der Waals surface area contributed by atoms with Crippen molar-refractivity contribution in [3.8, 4) is 0 Å². The lowest BCUT2D eigenvalue weighted by molar-refractivity contribution is -0.138. The summed E-state index contributed by atoms with van der Waals surface area (Å²) in [6, 6.07) is 0. The predicted molar refractivity (Wildman–Crippen MR) is 39.6 cm³/mol. The van der Waals surface area contributed by atoms with E-state index in [-0.39, 0.29) is 6.61 Å². The van der Waals surface area contributed by atoms with Crippen LogP contribution in [0.2, 0.25) is 0 Å². The molecular formula is C7H10O5. The lowest BCUT2D eigenvalue weighted by Crippen LogP contribution is -2.08. The van der Waals surface area contributed by atoms with Gasteiger partial charge in [-0.05, 0) is 6.42 Å². The third-order valence-electron chi connectivity index (χ3n) is 0.927. The lowest BCUT2D eigenvalue weighted by Gasteiger charge is -2.02. The van der Waals surface area contributed by atoms with Gasteiger partial charge in [-0.25, -0.2) is 9.59 Å². The van der Waals surface area contributed by atoms with E-state index in [1.165, 1.54) is 0 Å². The van der Waals surface area contributed by atoms with Crippen LogP contribution in [0, 0.1) is 0 Å². The molecule has 0 atom stereocenters. The van der Waals surface area contributed by atoms with Crippen molar-refractivity contribution in [2.24, 2.45) is 0 Å². The Morgan fingerprint density at radius 1 is 1.42 bits per heavy atom. The topological polar surface area (TPSA) is 83.8 Å². The largest absolute Gasteiger partial charge is 0.486 e.